The lowest BCUT2D eigenvalue weighted by Crippen LogP contribution is -2.43. The highest BCUT2D eigenvalue weighted by molar-refractivity contribution is 5.84. The van der Waals surface area contributed by atoms with Crippen molar-refractivity contribution in [2.45, 2.75) is 69.0 Å². The first-order valence-corrected chi connectivity index (χ1v) is 18.4. The van der Waals surface area contributed by atoms with Gasteiger partial charge in [0.25, 0.3) is 0 Å². The van der Waals surface area contributed by atoms with Gasteiger partial charge in [-0.25, -0.2) is 9.78 Å². The first kappa shape index (κ1) is 35.1. The van der Waals surface area contributed by atoms with Crippen molar-refractivity contribution < 1.29 is 15.0 Å². The number of nitrogens with one attached hydrogen (secondary N) is 3. The summed E-state index contributed by atoms with van der Waals surface area (Å²) in [5, 5.41) is 44.8. The summed E-state index contributed by atoms with van der Waals surface area (Å²) in [6, 6.07) is 24.7. The Labute approximate surface area is 311 Å². The lowest BCUT2D eigenvalue weighted by Gasteiger charge is -2.22. The predicted molar refractivity (Wildman–Crippen MR) is 201 cm³/mol. The Balaban J connectivity index is 1.08. The fraction of sp³-hybridized carbons (Fsp3) is 0.368. The van der Waals surface area contributed by atoms with Gasteiger partial charge >= 0.3 is 6.03 Å². The maximum Gasteiger partial charge on any atom is 0.315 e. The van der Waals surface area contributed by atoms with E-state index in [1.165, 1.54) is 4.80 Å². The van der Waals surface area contributed by atoms with E-state index >= 15 is 0 Å². The summed E-state index contributed by atoms with van der Waals surface area (Å²) in [5.74, 6) is 1.60. The first-order chi connectivity index (χ1) is 26.4. The number of rotatable bonds is 12. The molecule has 0 unspecified atom stereocenters. The minimum atomic E-state index is -1.14. The lowest BCUT2D eigenvalue weighted by molar-refractivity contribution is 0.00473. The van der Waals surface area contributed by atoms with Crippen molar-refractivity contribution in [1.29, 1.82) is 0 Å². The van der Waals surface area contributed by atoms with E-state index in [9.17, 15) is 15.0 Å². The number of carbonyl (C=O) groups is 1. The molecule has 5 heterocycles. The molecule has 2 amide bonds. The molecular formula is C38H43N13O3. The first-order valence-electron chi connectivity index (χ1n) is 18.4. The highest BCUT2D eigenvalue weighted by atomic mass is 16.3. The molecule has 5 N–H and O–H groups in total. The maximum atomic E-state index is 12.8. The van der Waals surface area contributed by atoms with Gasteiger partial charge in [0.1, 0.15) is 18.2 Å². The number of pyridine rings is 1. The third-order valence-corrected chi connectivity index (χ3v) is 10.3. The van der Waals surface area contributed by atoms with Crippen LogP contribution in [0.3, 0.4) is 0 Å². The van der Waals surface area contributed by atoms with E-state index < -0.39 is 24.3 Å². The average Bonchev–Trinajstić information content (AvgIpc) is 4.03. The summed E-state index contributed by atoms with van der Waals surface area (Å²) in [7, 11) is 0. The zero-order chi connectivity index (χ0) is 37.0. The second kappa shape index (κ2) is 15.5. The van der Waals surface area contributed by atoms with Crippen LogP contribution >= 0.6 is 0 Å². The molecule has 2 fully saturated rings. The third kappa shape index (κ3) is 7.30. The van der Waals surface area contributed by atoms with Crippen molar-refractivity contribution in [3.8, 4) is 0 Å². The Bertz CT molecular complexity index is 2130. The lowest BCUT2D eigenvalue weighted by atomic mass is 9.91. The van der Waals surface area contributed by atoms with Crippen LogP contribution in [0.15, 0.2) is 91.4 Å². The molecule has 1 saturated heterocycles. The van der Waals surface area contributed by atoms with Crippen molar-refractivity contribution in [2.75, 3.05) is 29.9 Å². The topological polar surface area (TPSA) is 197 Å². The van der Waals surface area contributed by atoms with Crippen molar-refractivity contribution in [1.82, 2.24) is 55.3 Å². The van der Waals surface area contributed by atoms with Crippen LogP contribution in [0.2, 0.25) is 0 Å². The van der Waals surface area contributed by atoms with Crippen LogP contribution in [0.25, 0.3) is 11.2 Å². The Kier molecular flexibility index (Phi) is 10.1. The van der Waals surface area contributed by atoms with E-state index in [4.69, 9.17) is 15.0 Å². The number of hydrogen-bond donors (Lipinski definition) is 5. The van der Waals surface area contributed by atoms with Crippen molar-refractivity contribution in [3.05, 3.63) is 114 Å². The van der Waals surface area contributed by atoms with Crippen LogP contribution in [0.4, 0.5) is 16.6 Å². The van der Waals surface area contributed by atoms with E-state index in [0.29, 0.717) is 74.2 Å². The molecule has 1 saturated carbocycles. The van der Waals surface area contributed by atoms with E-state index in [1.807, 2.05) is 71.0 Å². The number of hydrogen-bond acceptors (Lipinski definition) is 12. The number of imidazole rings is 1. The molecule has 4 aromatic heterocycles. The molecule has 54 heavy (non-hydrogen) atoms. The van der Waals surface area contributed by atoms with Crippen LogP contribution in [-0.2, 0) is 13.0 Å². The Morgan fingerprint density at radius 1 is 0.926 bits per heavy atom. The van der Waals surface area contributed by atoms with Gasteiger partial charge < -0.3 is 35.6 Å². The molecule has 0 bridgehead atoms. The molecule has 2 aromatic carbocycles. The molecule has 0 radical (unpaired) electrons. The zero-order valence-corrected chi connectivity index (χ0v) is 29.8. The molecule has 16 heteroatoms. The minimum Gasteiger partial charge on any atom is -0.388 e. The van der Waals surface area contributed by atoms with Gasteiger partial charge in [-0.3, -0.25) is 4.98 Å². The molecule has 0 spiro atoms. The fourth-order valence-electron chi connectivity index (χ4n) is 7.41. The van der Waals surface area contributed by atoms with Gasteiger partial charge in [0.2, 0.25) is 5.95 Å². The van der Waals surface area contributed by atoms with E-state index in [0.717, 1.165) is 16.8 Å². The number of fused-ring (bicyclic) bond motifs is 1. The number of tetrazole rings is 1. The smallest absolute Gasteiger partial charge is 0.315 e. The summed E-state index contributed by atoms with van der Waals surface area (Å²) in [5.41, 5.74) is 4.14. The predicted octanol–water partition coefficient (Wildman–Crippen LogP) is 3.00. The Morgan fingerprint density at radius 2 is 1.67 bits per heavy atom. The van der Waals surface area contributed by atoms with Crippen molar-refractivity contribution in [2.24, 2.45) is 0 Å². The fourth-order valence-corrected chi connectivity index (χ4v) is 7.41. The second-order valence-electron chi connectivity index (χ2n) is 13.8. The molecule has 278 valence electrons. The molecule has 2 aliphatic rings. The summed E-state index contributed by atoms with van der Waals surface area (Å²) >= 11 is 0. The number of aliphatic hydroxyl groups excluding tert-OH is 2. The summed E-state index contributed by atoms with van der Waals surface area (Å²) in [6.07, 6.45) is 2.72. The average molecular weight is 730 g/mol. The standard InChI is InChI=1S/C38H43N13O3/c1-2-31-46-48-51(47-31)30-19-29(33(52)34(30)53)50-23-42-32-35(40-21-28(24-11-5-3-6-12-24)25-13-7-4-8-14-25)44-37(45-36(32)50)49-18-16-27(22-49)43-38(54)41-20-26-15-9-10-17-39-26/h3-15,17,23,27-30,33-34,52-53H,2,16,18-22H2,1H3,(H,40,44,45)(H2,41,43,54)/t27-,29+,30-,33-,34+/m0/s1. The Morgan fingerprint density at radius 3 is 2.37 bits per heavy atom. The Hall–Kier alpha value is -6.00. The summed E-state index contributed by atoms with van der Waals surface area (Å²) in [6.45, 7) is 3.90. The maximum absolute atomic E-state index is 12.8. The number of aromatic nitrogens is 9. The zero-order valence-electron chi connectivity index (χ0n) is 29.8. The van der Waals surface area contributed by atoms with Gasteiger partial charge in [0, 0.05) is 44.2 Å². The quantitative estimate of drug-likeness (QED) is 0.124. The molecule has 5 atom stereocenters. The van der Waals surface area contributed by atoms with Gasteiger partial charge in [-0.2, -0.15) is 14.8 Å². The minimum absolute atomic E-state index is 0.0173. The number of aliphatic hydroxyl groups is 2. The summed E-state index contributed by atoms with van der Waals surface area (Å²) < 4.78 is 1.82. The second-order valence-corrected chi connectivity index (χ2v) is 13.8. The number of nitrogens with zero attached hydrogens (tertiary/aromatic N) is 10. The number of amides is 2. The largest absolute Gasteiger partial charge is 0.388 e. The van der Waals surface area contributed by atoms with Gasteiger partial charge in [0.05, 0.1) is 24.6 Å². The van der Waals surface area contributed by atoms with Gasteiger partial charge in [-0.05, 0) is 41.3 Å². The number of anilines is 2. The van der Waals surface area contributed by atoms with Crippen molar-refractivity contribution >= 4 is 29.0 Å². The van der Waals surface area contributed by atoms with Crippen LogP contribution in [0.1, 0.15) is 60.4 Å². The van der Waals surface area contributed by atoms with Crippen molar-refractivity contribution in [3.63, 3.8) is 0 Å². The number of carbonyl (C=O) groups excluding carboxylic acids is 1. The van der Waals surface area contributed by atoms with Gasteiger partial charge in [-0.15, -0.1) is 10.2 Å². The molecule has 1 aliphatic heterocycles. The van der Waals surface area contributed by atoms with E-state index in [2.05, 4.69) is 60.6 Å². The van der Waals surface area contributed by atoms with Gasteiger partial charge in [0.15, 0.2) is 22.8 Å². The van der Waals surface area contributed by atoms with E-state index in [-0.39, 0.29) is 18.0 Å². The monoisotopic (exact) mass is 729 g/mol. The van der Waals surface area contributed by atoms with Crippen LogP contribution in [-0.4, -0.2) is 98.8 Å². The molecule has 16 nitrogen and oxygen atoms in total. The molecule has 8 rings (SSSR count). The number of aryl methyl sites for hydroxylation is 1. The number of urea groups is 1. The van der Waals surface area contributed by atoms with Crippen LogP contribution in [0, 0.1) is 0 Å². The SMILES string of the molecule is CCc1nnn([C@H]2C[C@@H](n3cnc4c(NCC(c5ccccc5)c5ccccc5)nc(N5CC[C@H](NC(=O)NCc6ccccn6)C5)nc43)[C@H](O)[C@@H]2O)n1. The highest BCUT2D eigenvalue weighted by Gasteiger charge is 2.45. The van der Waals surface area contributed by atoms with E-state index in [1.54, 1.807) is 12.5 Å². The molecule has 1 aliphatic carbocycles. The number of benzene rings is 2. The molecule has 6 aromatic rings. The van der Waals surface area contributed by atoms with Crippen LogP contribution < -0.4 is 20.9 Å². The molecular weight excluding hydrogens is 687 g/mol. The summed E-state index contributed by atoms with van der Waals surface area (Å²) in [4.78, 5) is 35.4. The normalized spacial score (nSPS) is 21.2. The third-order valence-electron chi connectivity index (χ3n) is 10.3. The van der Waals surface area contributed by atoms with Gasteiger partial charge in [-0.1, -0.05) is 73.7 Å². The highest BCUT2D eigenvalue weighted by Crippen LogP contribution is 2.40. The van der Waals surface area contributed by atoms with Crippen LogP contribution in [0.5, 0.6) is 0 Å².